The summed E-state index contributed by atoms with van der Waals surface area (Å²) in [4.78, 5) is 0.190. The van der Waals surface area contributed by atoms with E-state index in [1.807, 2.05) is 6.92 Å². The Morgan fingerprint density at radius 1 is 1.33 bits per heavy atom. The highest BCUT2D eigenvalue weighted by Gasteiger charge is 2.22. The fourth-order valence-corrected chi connectivity index (χ4v) is 2.53. The first-order valence-corrected chi connectivity index (χ1v) is 7.17. The van der Waals surface area contributed by atoms with Crippen molar-refractivity contribution in [3.8, 4) is 5.75 Å². The first-order chi connectivity index (χ1) is 8.43. The summed E-state index contributed by atoms with van der Waals surface area (Å²) < 4.78 is 30.5. The Balaban J connectivity index is 3.16. The number of hydrogen-bond donors (Lipinski definition) is 1. The number of rotatable bonds is 6. The molecule has 0 aliphatic heterocycles. The van der Waals surface area contributed by atoms with Gasteiger partial charge in [-0.2, -0.15) is 0 Å². The average Bonchev–Trinajstić information content (AvgIpc) is 2.35. The standard InChI is InChI=1S/C12H20N2O3S/c1-5-13-9-10-6-7-12(11(8-10)17-4)18(15,16)14(2)3/h6-8,13H,5,9H2,1-4H3. The molecule has 0 bridgehead atoms. The van der Waals surface area contributed by atoms with Gasteiger partial charge in [0.15, 0.2) is 0 Å². The van der Waals surface area contributed by atoms with Crippen LogP contribution in [-0.4, -0.2) is 40.5 Å². The van der Waals surface area contributed by atoms with Gasteiger partial charge in [0.05, 0.1) is 7.11 Å². The molecule has 1 N–H and O–H groups in total. The molecule has 1 rings (SSSR count). The van der Waals surface area contributed by atoms with Gasteiger partial charge in [0.1, 0.15) is 10.6 Å². The number of nitrogens with zero attached hydrogens (tertiary/aromatic N) is 1. The Hall–Kier alpha value is -1.11. The molecular formula is C12H20N2O3S. The van der Waals surface area contributed by atoms with Crippen LogP contribution in [0.2, 0.25) is 0 Å². The van der Waals surface area contributed by atoms with Crippen molar-refractivity contribution in [3.05, 3.63) is 23.8 Å². The molecule has 6 heteroatoms. The minimum absolute atomic E-state index is 0.190. The Morgan fingerprint density at radius 2 is 2.00 bits per heavy atom. The van der Waals surface area contributed by atoms with Gasteiger partial charge < -0.3 is 10.1 Å². The first-order valence-electron chi connectivity index (χ1n) is 5.73. The maximum absolute atomic E-state index is 12.1. The van der Waals surface area contributed by atoms with Crippen molar-refractivity contribution in [2.24, 2.45) is 0 Å². The summed E-state index contributed by atoms with van der Waals surface area (Å²) in [7, 11) is 1.01. The summed E-state index contributed by atoms with van der Waals surface area (Å²) in [5, 5.41) is 3.18. The molecule has 0 amide bonds. The summed E-state index contributed by atoms with van der Waals surface area (Å²) in [6.07, 6.45) is 0. The Kier molecular flexibility index (Phi) is 5.13. The van der Waals surface area contributed by atoms with Gasteiger partial charge in [0.25, 0.3) is 0 Å². The summed E-state index contributed by atoms with van der Waals surface area (Å²) in [6, 6.07) is 5.13. The highest BCUT2D eigenvalue weighted by Crippen LogP contribution is 2.26. The summed E-state index contributed by atoms with van der Waals surface area (Å²) in [5.74, 6) is 0.374. The molecule has 0 fully saturated rings. The molecule has 0 aliphatic rings. The monoisotopic (exact) mass is 272 g/mol. The molecule has 0 aliphatic carbocycles. The van der Waals surface area contributed by atoms with Crippen LogP contribution in [0, 0.1) is 0 Å². The van der Waals surface area contributed by atoms with Crippen LogP contribution in [0.4, 0.5) is 0 Å². The van der Waals surface area contributed by atoms with Gasteiger partial charge in [-0.1, -0.05) is 13.0 Å². The van der Waals surface area contributed by atoms with Crippen LogP contribution >= 0.6 is 0 Å². The highest BCUT2D eigenvalue weighted by atomic mass is 32.2. The molecule has 0 saturated heterocycles. The van der Waals surface area contributed by atoms with Gasteiger partial charge in [-0.25, -0.2) is 12.7 Å². The molecule has 0 aromatic heterocycles. The van der Waals surface area contributed by atoms with Crippen LogP contribution < -0.4 is 10.1 Å². The second-order valence-corrected chi connectivity index (χ2v) is 6.17. The molecule has 0 saturated carbocycles. The Bertz CT molecular complexity index is 498. The molecule has 0 heterocycles. The van der Waals surface area contributed by atoms with Crippen LogP contribution in [0.5, 0.6) is 5.75 Å². The molecular weight excluding hydrogens is 252 g/mol. The van der Waals surface area contributed by atoms with E-state index in [0.717, 1.165) is 12.1 Å². The summed E-state index contributed by atoms with van der Waals surface area (Å²) in [5.41, 5.74) is 0.992. The lowest BCUT2D eigenvalue weighted by atomic mass is 10.2. The third-order valence-electron chi connectivity index (χ3n) is 2.57. The van der Waals surface area contributed by atoms with Crippen molar-refractivity contribution in [3.63, 3.8) is 0 Å². The molecule has 0 radical (unpaired) electrons. The molecule has 102 valence electrons. The van der Waals surface area contributed by atoms with Gasteiger partial charge >= 0.3 is 0 Å². The number of benzene rings is 1. The highest BCUT2D eigenvalue weighted by molar-refractivity contribution is 7.89. The van der Waals surface area contributed by atoms with Crippen LogP contribution in [-0.2, 0) is 16.6 Å². The maximum Gasteiger partial charge on any atom is 0.246 e. The molecule has 0 spiro atoms. The van der Waals surface area contributed by atoms with E-state index in [0.29, 0.717) is 12.3 Å². The lowest BCUT2D eigenvalue weighted by Crippen LogP contribution is -2.23. The topological polar surface area (TPSA) is 58.6 Å². The number of nitrogens with one attached hydrogen (secondary N) is 1. The number of methoxy groups -OCH3 is 1. The van der Waals surface area contributed by atoms with Crippen LogP contribution in [0.1, 0.15) is 12.5 Å². The maximum atomic E-state index is 12.1. The van der Waals surface area contributed by atoms with Gasteiger partial charge in [0.2, 0.25) is 10.0 Å². The predicted molar refractivity (Wildman–Crippen MR) is 71.2 cm³/mol. The second-order valence-electron chi connectivity index (χ2n) is 4.05. The minimum Gasteiger partial charge on any atom is -0.495 e. The fourth-order valence-electron chi connectivity index (χ4n) is 1.50. The van der Waals surface area contributed by atoms with Gasteiger partial charge in [-0.05, 0) is 24.2 Å². The zero-order valence-corrected chi connectivity index (χ0v) is 12.0. The second kappa shape index (κ2) is 6.17. The number of hydrogen-bond acceptors (Lipinski definition) is 4. The zero-order valence-electron chi connectivity index (χ0n) is 11.2. The fraction of sp³-hybridized carbons (Fsp3) is 0.500. The smallest absolute Gasteiger partial charge is 0.246 e. The van der Waals surface area contributed by atoms with E-state index in [1.54, 1.807) is 18.2 Å². The molecule has 5 nitrogen and oxygen atoms in total. The zero-order chi connectivity index (χ0) is 13.8. The third-order valence-corrected chi connectivity index (χ3v) is 4.42. The van der Waals surface area contributed by atoms with Gasteiger partial charge in [0, 0.05) is 20.6 Å². The Morgan fingerprint density at radius 3 is 2.50 bits per heavy atom. The van der Waals surface area contributed by atoms with E-state index in [1.165, 1.54) is 25.5 Å². The average molecular weight is 272 g/mol. The van der Waals surface area contributed by atoms with Crippen LogP contribution in [0.15, 0.2) is 23.1 Å². The predicted octanol–water partition coefficient (Wildman–Crippen LogP) is 1.05. The minimum atomic E-state index is -3.47. The normalized spacial score (nSPS) is 11.8. The molecule has 18 heavy (non-hydrogen) atoms. The van der Waals surface area contributed by atoms with E-state index in [9.17, 15) is 8.42 Å². The first kappa shape index (κ1) is 14.9. The third kappa shape index (κ3) is 3.22. The lowest BCUT2D eigenvalue weighted by molar-refractivity contribution is 0.399. The quantitative estimate of drug-likeness (QED) is 0.841. The van der Waals surface area contributed by atoms with Crippen molar-refractivity contribution in [2.75, 3.05) is 27.7 Å². The van der Waals surface area contributed by atoms with E-state index in [4.69, 9.17) is 4.74 Å². The van der Waals surface area contributed by atoms with E-state index in [-0.39, 0.29) is 4.90 Å². The van der Waals surface area contributed by atoms with E-state index >= 15 is 0 Å². The van der Waals surface area contributed by atoms with Crippen molar-refractivity contribution in [1.29, 1.82) is 0 Å². The van der Waals surface area contributed by atoms with Crippen LogP contribution in [0.25, 0.3) is 0 Å². The van der Waals surface area contributed by atoms with Crippen molar-refractivity contribution in [2.45, 2.75) is 18.4 Å². The molecule has 1 aromatic rings. The molecule has 0 atom stereocenters. The lowest BCUT2D eigenvalue weighted by Gasteiger charge is -2.15. The molecule has 1 aromatic carbocycles. The van der Waals surface area contributed by atoms with Crippen molar-refractivity contribution in [1.82, 2.24) is 9.62 Å². The molecule has 0 unspecified atom stereocenters. The Labute approximate surface area is 109 Å². The summed E-state index contributed by atoms with van der Waals surface area (Å²) in [6.45, 7) is 3.57. The van der Waals surface area contributed by atoms with Gasteiger partial charge in [-0.15, -0.1) is 0 Å². The van der Waals surface area contributed by atoms with Crippen LogP contribution in [0.3, 0.4) is 0 Å². The SMILES string of the molecule is CCNCc1ccc(S(=O)(=O)N(C)C)c(OC)c1. The van der Waals surface area contributed by atoms with Crippen molar-refractivity contribution < 1.29 is 13.2 Å². The van der Waals surface area contributed by atoms with E-state index in [2.05, 4.69) is 5.32 Å². The number of sulfonamides is 1. The van der Waals surface area contributed by atoms with Gasteiger partial charge in [-0.3, -0.25) is 0 Å². The summed E-state index contributed by atoms with van der Waals surface area (Å²) >= 11 is 0. The largest absolute Gasteiger partial charge is 0.495 e. The van der Waals surface area contributed by atoms with Crippen molar-refractivity contribution >= 4 is 10.0 Å². The number of ether oxygens (including phenoxy) is 1. The van der Waals surface area contributed by atoms with E-state index < -0.39 is 10.0 Å².